The monoisotopic (exact) mass is 579 g/mol. The quantitative estimate of drug-likeness (QED) is 0.224. The van der Waals surface area contributed by atoms with Crippen molar-refractivity contribution < 1.29 is 24.5 Å². The average Bonchev–Trinajstić information content (AvgIpc) is 2.98. The van der Waals surface area contributed by atoms with E-state index in [1.54, 1.807) is 29.2 Å². The maximum Gasteiger partial charge on any atom is 0.404 e. The summed E-state index contributed by atoms with van der Waals surface area (Å²) in [6, 6.07) is 20.5. The van der Waals surface area contributed by atoms with Crippen LogP contribution in [0.15, 0.2) is 66.7 Å². The predicted octanol–water partition coefficient (Wildman–Crippen LogP) is 5.44. The third-order valence-corrected chi connectivity index (χ3v) is 7.98. The lowest BCUT2D eigenvalue weighted by molar-refractivity contribution is -0.0563. The van der Waals surface area contributed by atoms with E-state index < -0.39 is 11.7 Å². The molecule has 0 bridgehead atoms. The zero-order chi connectivity index (χ0) is 29.4. The lowest BCUT2D eigenvalue weighted by Gasteiger charge is -2.44. The molecule has 1 fully saturated rings. The molecule has 1 aliphatic rings. The van der Waals surface area contributed by atoms with Crippen LogP contribution in [0.1, 0.15) is 47.2 Å². The molecule has 0 saturated carbocycles. The minimum absolute atomic E-state index is 0.111. The maximum absolute atomic E-state index is 13.5. The third-order valence-electron chi connectivity index (χ3n) is 7.67. The van der Waals surface area contributed by atoms with Gasteiger partial charge in [0.15, 0.2) is 0 Å². The van der Waals surface area contributed by atoms with E-state index in [1.165, 1.54) is 0 Å². The molecule has 1 heterocycles. The standard InChI is InChI=1S/C32H38ClN3O5/c1-22-6-2-7-24(20-22)29-27(9-3-10-28(29)33)32(40,15-5-17-35-31(38)39)25-8-4-18-36(21-25)30(37)23-11-13-26(14-12-23)41-19-16-34/h2-3,6-7,9-14,20,25,35,40H,4-5,8,15-19,21,34H2,1H3,(H,38,39). The number of carbonyl (C=O) groups excluding carboxylic acids is 1. The number of aryl methyl sites for hydroxylation is 1. The summed E-state index contributed by atoms with van der Waals surface area (Å²) in [5, 5.41) is 24.6. The number of amides is 2. The minimum Gasteiger partial charge on any atom is -0.492 e. The molecule has 0 aromatic heterocycles. The Morgan fingerprint density at radius 3 is 2.61 bits per heavy atom. The van der Waals surface area contributed by atoms with Crippen molar-refractivity contribution in [2.75, 3.05) is 32.8 Å². The van der Waals surface area contributed by atoms with Crippen LogP contribution in [0.25, 0.3) is 11.1 Å². The number of ether oxygens (including phenoxy) is 1. The smallest absolute Gasteiger partial charge is 0.404 e. The van der Waals surface area contributed by atoms with Gasteiger partial charge in [-0.2, -0.15) is 0 Å². The first-order valence-corrected chi connectivity index (χ1v) is 14.4. The Labute approximate surface area is 246 Å². The summed E-state index contributed by atoms with van der Waals surface area (Å²) in [7, 11) is 0. The second-order valence-corrected chi connectivity index (χ2v) is 11.0. The molecule has 0 radical (unpaired) electrons. The summed E-state index contributed by atoms with van der Waals surface area (Å²) in [5.41, 5.74) is 8.10. The Morgan fingerprint density at radius 1 is 1.15 bits per heavy atom. The highest BCUT2D eigenvalue weighted by Crippen LogP contribution is 2.45. The molecule has 8 nitrogen and oxygen atoms in total. The van der Waals surface area contributed by atoms with E-state index in [2.05, 4.69) is 5.32 Å². The van der Waals surface area contributed by atoms with Gasteiger partial charge in [-0.15, -0.1) is 0 Å². The van der Waals surface area contributed by atoms with Gasteiger partial charge in [-0.3, -0.25) is 4.79 Å². The van der Waals surface area contributed by atoms with Crippen molar-refractivity contribution >= 4 is 23.6 Å². The van der Waals surface area contributed by atoms with Crippen molar-refractivity contribution in [1.29, 1.82) is 0 Å². The van der Waals surface area contributed by atoms with Crippen LogP contribution >= 0.6 is 11.6 Å². The average molecular weight is 580 g/mol. The first-order valence-electron chi connectivity index (χ1n) is 14.0. The molecule has 41 heavy (non-hydrogen) atoms. The topological polar surface area (TPSA) is 125 Å². The zero-order valence-electron chi connectivity index (χ0n) is 23.3. The molecular weight excluding hydrogens is 542 g/mol. The molecule has 9 heteroatoms. The fourth-order valence-electron chi connectivity index (χ4n) is 5.70. The molecule has 5 N–H and O–H groups in total. The second kappa shape index (κ2) is 13.9. The van der Waals surface area contributed by atoms with Crippen LogP contribution in [0.5, 0.6) is 5.75 Å². The third kappa shape index (κ3) is 7.38. The summed E-state index contributed by atoms with van der Waals surface area (Å²) in [5.74, 6) is 0.247. The van der Waals surface area contributed by atoms with E-state index in [-0.39, 0.29) is 18.4 Å². The molecule has 2 atom stereocenters. The largest absolute Gasteiger partial charge is 0.492 e. The van der Waals surface area contributed by atoms with Gasteiger partial charge in [-0.25, -0.2) is 4.79 Å². The molecule has 1 saturated heterocycles. The summed E-state index contributed by atoms with van der Waals surface area (Å²) >= 11 is 6.78. The van der Waals surface area contributed by atoms with E-state index in [0.717, 1.165) is 23.1 Å². The van der Waals surface area contributed by atoms with E-state index in [4.69, 9.17) is 27.2 Å². The molecule has 218 valence electrons. The van der Waals surface area contributed by atoms with E-state index in [9.17, 15) is 14.7 Å². The van der Waals surface area contributed by atoms with Gasteiger partial charge in [-0.1, -0.05) is 53.6 Å². The molecular formula is C32H38ClN3O5. The number of piperidine rings is 1. The molecule has 3 aromatic carbocycles. The van der Waals surface area contributed by atoms with Gasteiger partial charge in [0.25, 0.3) is 5.91 Å². The molecule has 2 amide bonds. The van der Waals surface area contributed by atoms with E-state index in [1.807, 2.05) is 49.4 Å². The number of hydrogen-bond donors (Lipinski definition) is 4. The number of benzene rings is 3. The fourth-order valence-corrected chi connectivity index (χ4v) is 5.98. The van der Waals surface area contributed by atoms with Gasteiger partial charge >= 0.3 is 6.09 Å². The summed E-state index contributed by atoms with van der Waals surface area (Å²) in [4.78, 5) is 26.4. The number of likely N-dealkylation sites (tertiary alicyclic amines) is 1. The molecule has 0 aliphatic carbocycles. The number of aliphatic hydroxyl groups is 1. The Hall–Kier alpha value is -3.59. The number of nitrogens with one attached hydrogen (secondary N) is 1. The molecule has 4 rings (SSSR count). The lowest BCUT2D eigenvalue weighted by Crippen LogP contribution is -2.48. The van der Waals surface area contributed by atoms with Crippen LogP contribution in [-0.2, 0) is 5.60 Å². The highest BCUT2D eigenvalue weighted by atomic mass is 35.5. The number of nitrogens with zero attached hydrogens (tertiary/aromatic N) is 1. The van der Waals surface area contributed by atoms with Crippen molar-refractivity contribution in [2.45, 2.75) is 38.2 Å². The van der Waals surface area contributed by atoms with Crippen molar-refractivity contribution in [2.24, 2.45) is 11.7 Å². The summed E-state index contributed by atoms with van der Waals surface area (Å²) in [6.07, 6.45) is 1.04. The highest BCUT2D eigenvalue weighted by Gasteiger charge is 2.43. The van der Waals surface area contributed by atoms with Gasteiger partial charge in [0, 0.05) is 48.2 Å². The Balaban J connectivity index is 1.66. The number of halogens is 1. The van der Waals surface area contributed by atoms with E-state index >= 15 is 0 Å². The molecule has 3 aromatic rings. The predicted molar refractivity (Wildman–Crippen MR) is 160 cm³/mol. The number of carbonyl (C=O) groups is 2. The minimum atomic E-state index is -1.36. The highest BCUT2D eigenvalue weighted by molar-refractivity contribution is 6.33. The number of carboxylic acid groups (broad SMARTS) is 1. The van der Waals surface area contributed by atoms with Crippen LogP contribution < -0.4 is 15.8 Å². The van der Waals surface area contributed by atoms with Crippen molar-refractivity contribution in [3.8, 4) is 16.9 Å². The number of nitrogens with two attached hydrogens (primary N) is 1. The maximum atomic E-state index is 13.5. The lowest BCUT2D eigenvalue weighted by atomic mass is 9.72. The zero-order valence-corrected chi connectivity index (χ0v) is 24.1. The van der Waals surface area contributed by atoms with Crippen molar-refractivity contribution in [3.63, 3.8) is 0 Å². The van der Waals surface area contributed by atoms with Crippen LogP contribution in [0.3, 0.4) is 0 Å². The Kier molecular flexibility index (Phi) is 10.3. The van der Waals surface area contributed by atoms with Crippen LogP contribution in [-0.4, -0.2) is 59.9 Å². The van der Waals surface area contributed by atoms with Crippen molar-refractivity contribution in [1.82, 2.24) is 10.2 Å². The number of rotatable bonds is 11. The second-order valence-electron chi connectivity index (χ2n) is 10.5. The van der Waals surface area contributed by atoms with Crippen molar-refractivity contribution in [3.05, 3.63) is 88.4 Å². The number of hydrogen-bond acceptors (Lipinski definition) is 5. The SMILES string of the molecule is Cc1cccc(-c2c(Cl)cccc2C(O)(CCCNC(=O)O)C2CCCN(C(=O)c3ccc(OCCN)cc3)C2)c1. The van der Waals surface area contributed by atoms with Crippen LogP contribution in [0.2, 0.25) is 5.02 Å². The molecule has 0 spiro atoms. The van der Waals surface area contributed by atoms with Gasteiger partial charge in [-0.05, 0) is 74.1 Å². The summed E-state index contributed by atoms with van der Waals surface area (Å²) < 4.78 is 5.54. The molecule has 2 unspecified atom stereocenters. The normalized spacial score (nSPS) is 16.6. The molecule has 1 aliphatic heterocycles. The first-order chi connectivity index (χ1) is 19.7. The fraction of sp³-hybridized carbons (Fsp3) is 0.375. The van der Waals surface area contributed by atoms with Gasteiger partial charge < -0.3 is 30.9 Å². The van der Waals surface area contributed by atoms with Gasteiger partial charge in [0.2, 0.25) is 0 Å². The van der Waals surface area contributed by atoms with Gasteiger partial charge in [0.05, 0.1) is 5.60 Å². The first kappa shape index (κ1) is 30.4. The van der Waals surface area contributed by atoms with E-state index in [0.29, 0.717) is 67.4 Å². The Morgan fingerprint density at radius 2 is 1.90 bits per heavy atom. The van der Waals surface area contributed by atoms with Crippen LogP contribution in [0, 0.1) is 12.8 Å². The summed E-state index contributed by atoms with van der Waals surface area (Å²) in [6.45, 7) is 3.95. The van der Waals surface area contributed by atoms with Crippen LogP contribution in [0.4, 0.5) is 4.79 Å². The van der Waals surface area contributed by atoms with Gasteiger partial charge in [0.1, 0.15) is 12.4 Å². The Bertz CT molecular complexity index is 1350.